The van der Waals surface area contributed by atoms with E-state index in [1.165, 1.54) is 58.7 Å². The average molecular weight is 311 g/mol. The molecule has 0 bridgehead atoms. The molecule has 0 saturated carbocycles. The zero-order valence-corrected chi connectivity index (χ0v) is 14.4. The monoisotopic (exact) mass is 311 g/mol. The van der Waals surface area contributed by atoms with Crippen LogP contribution in [0.1, 0.15) is 26.2 Å². The lowest BCUT2D eigenvalue weighted by molar-refractivity contribution is -0.0543. The molecule has 128 valence electrons. The zero-order valence-electron chi connectivity index (χ0n) is 14.4. The van der Waals surface area contributed by atoms with Crippen LogP contribution in [0.15, 0.2) is 0 Å². The molecule has 5 nitrogen and oxygen atoms in total. The number of rotatable bonds is 5. The van der Waals surface area contributed by atoms with Crippen LogP contribution in [0.4, 0.5) is 0 Å². The van der Waals surface area contributed by atoms with Crippen LogP contribution in [0.25, 0.3) is 0 Å². The fourth-order valence-corrected chi connectivity index (χ4v) is 3.88. The van der Waals surface area contributed by atoms with Gasteiger partial charge in [-0.2, -0.15) is 0 Å². The summed E-state index contributed by atoms with van der Waals surface area (Å²) in [7, 11) is 2.23. The Morgan fingerprint density at radius 1 is 0.909 bits per heavy atom. The van der Waals surface area contributed by atoms with Gasteiger partial charge in [0.1, 0.15) is 0 Å². The lowest BCUT2D eigenvalue weighted by Gasteiger charge is -2.44. The highest BCUT2D eigenvalue weighted by molar-refractivity contribution is 4.86. The summed E-state index contributed by atoms with van der Waals surface area (Å²) in [5, 5.41) is 0. The van der Waals surface area contributed by atoms with E-state index in [-0.39, 0.29) is 6.29 Å². The summed E-state index contributed by atoms with van der Waals surface area (Å²) in [5.41, 5.74) is 0.507. The SMILES string of the molecule is CN1CCN(CC2(C)CCN(CCC3OCCO3)CC2)CC1. The minimum atomic E-state index is 0.0543. The molecule has 3 fully saturated rings. The average Bonchev–Trinajstić information content (AvgIpc) is 3.03. The van der Waals surface area contributed by atoms with Crippen LogP contribution in [0.5, 0.6) is 0 Å². The molecule has 3 heterocycles. The number of piperazine rings is 1. The Hall–Kier alpha value is -0.200. The lowest BCUT2D eigenvalue weighted by Crippen LogP contribution is -2.50. The van der Waals surface area contributed by atoms with E-state index in [0.29, 0.717) is 5.41 Å². The highest BCUT2D eigenvalue weighted by Gasteiger charge is 2.32. The van der Waals surface area contributed by atoms with Gasteiger partial charge in [-0.05, 0) is 38.4 Å². The maximum Gasteiger partial charge on any atom is 0.159 e. The summed E-state index contributed by atoms with van der Waals surface area (Å²) in [6.45, 7) is 13.8. The van der Waals surface area contributed by atoms with Crippen molar-refractivity contribution in [3.05, 3.63) is 0 Å². The Morgan fingerprint density at radius 2 is 1.55 bits per heavy atom. The minimum absolute atomic E-state index is 0.0543. The second-order valence-electron chi connectivity index (χ2n) is 7.69. The maximum atomic E-state index is 5.53. The first-order chi connectivity index (χ1) is 10.6. The number of hydrogen-bond donors (Lipinski definition) is 0. The third-order valence-corrected chi connectivity index (χ3v) is 5.64. The van der Waals surface area contributed by atoms with Gasteiger partial charge < -0.3 is 24.2 Å². The van der Waals surface area contributed by atoms with Crippen molar-refractivity contribution in [1.29, 1.82) is 0 Å². The van der Waals surface area contributed by atoms with Gasteiger partial charge in [0.25, 0.3) is 0 Å². The highest BCUT2D eigenvalue weighted by Crippen LogP contribution is 2.32. The lowest BCUT2D eigenvalue weighted by atomic mass is 9.79. The van der Waals surface area contributed by atoms with Crippen molar-refractivity contribution in [2.45, 2.75) is 32.5 Å². The number of hydrogen-bond acceptors (Lipinski definition) is 5. The molecule has 0 spiro atoms. The molecule has 3 rings (SSSR count). The summed E-state index contributed by atoms with van der Waals surface area (Å²) >= 11 is 0. The first-order valence-corrected chi connectivity index (χ1v) is 8.99. The summed E-state index contributed by atoms with van der Waals surface area (Å²) in [5.74, 6) is 0. The van der Waals surface area contributed by atoms with Crippen molar-refractivity contribution in [3.8, 4) is 0 Å². The van der Waals surface area contributed by atoms with Crippen LogP contribution >= 0.6 is 0 Å². The molecule has 0 radical (unpaired) electrons. The van der Waals surface area contributed by atoms with E-state index >= 15 is 0 Å². The van der Waals surface area contributed by atoms with Gasteiger partial charge in [-0.25, -0.2) is 0 Å². The van der Waals surface area contributed by atoms with Gasteiger partial charge in [0, 0.05) is 45.7 Å². The molecule has 0 aromatic heterocycles. The molecule has 0 aromatic rings. The summed E-state index contributed by atoms with van der Waals surface area (Å²) in [6, 6.07) is 0. The fraction of sp³-hybridized carbons (Fsp3) is 1.00. The van der Waals surface area contributed by atoms with Crippen molar-refractivity contribution in [2.24, 2.45) is 5.41 Å². The second-order valence-corrected chi connectivity index (χ2v) is 7.69. The third kappa shape index (κ3) is 4.65. The van der Waals surface area contributed by atoms with Gasteiger partial charge in [-0.3, -0.25) is 0 Å². The van der Waals surface area contributed by atoms with E-state index in [0.717, 1.165) is 26.2 Å². The van der Waals surface area contributed by atoms with Gasteiger partial charge in [-0.15, -0.1) is 0 Å². The van der Waals surface area contributed by atoms with Crippen LogP contribution in [0.3, 0.4) is 0 Å². The van der Waals surface area contributed by atoms with E-state index in [9.17, 15) is 0 Å². The molecule has 0 N–H and O–H groups in total. The molecule has 0 unspecified atom stereocenters. The van der Waals surface area contributed by atoms with E-state index in [4.69, 9.17) is 9.47 Å². The highest BCUT2D eigenvalue weighted by atomic mass is 16.7. The van der Waals surface area contributed by atoms with Gasteiger partial charge in [0.05, 0.1) is 13.2 Å². The van der Waals surface area contributed by atoms with Crippen LogP contribution in [-0.4, -0.2) is 93.6 Å². The van der Waals surface area contributed by atoms with Gasteiger partial charge in [0.2, 0.25) is 0 Å². The smallest absolute Gasteiger partial charge is 0.159 e. The summed E-state index contributed by atoms with van der Waals surface area (Å²) < 4.78 is 11.1. The predicted molar refractivity (Wildman–Crippen MR) is 88.0 cm³/mol. The van der Waals surface area contributed by atoms with E-state index < -0.39 is 0 Å². The Bertz CT molecular complexity index is 331. The summed E-state index contributed by atoms with van der Waals surface area (Å²) in [6.07, 6.45) is 3.73. The topological polar surface area (TPSA) is 28.2 Å². The number of likely N-dealkylation sites (tertiary alicyclic amines) is 1. The van der Waals surface area contributed by atoms with Crippen LogP contribution in [0, 0.1) is 5.41 Å². The third-order valence-electron chi connectivity index (χ3n) is 5.64. The molecule has 0 atom stereocenters. The molecule has 3 aliphatic rings. The Morgan fingerprint density at radius 3 is 2.18 bits per heavy atom. The minimum Gasteiger partial charge on any atom is -0.350 e. The van der Waals surface area contributed by atoms with Crippen molar-refractivity contribution >= 4 is 0 Å². The molecule has 3 saturated heterocycles. The number of ether oxygens (including phenoxy) is 2. The van der Waals surface area contributed by atoms with Crippen molar-refractivity contribution < 1.29 is 9.47 Å². The molecule has 0 aromatic carbocycles. The standard InChI is InChI=1S/C17H33N3O2/c1-17(15-20-11-9-18(2)10-12-20)4-7-19(8-5-17)6-3-16-21-13-14-22-16/h16H,3-15H2,1-2H3. The van der Waals surface area contributed by atoms with Gasteiger partial charge >= 0.3 is 0 Å². The largest absolute Gasteiger partial charge is 0.350 e. The number of nitrogens with zero attached hydrogens (tertiary/aromatic N) is 3. The summed E-state index contributed by atoms with van der Waals surface area (Å²) in [4.78, 5) is 7.71. The molecule has 22 heavy (non-hydrogen) atoms. The first kappa shape index (κ1) is 16.7. The first-order valence-electron chi connectivity index (χ1n) is 8.99. The van der Waals surface area contributed by atoms with Crippen molar-refractivity contribution in [1.82, 2.24) is 14.7 Å². The van der Waals surface area contributed by atoms with E-state index in [1.807, 2.05) is 0 Å². The Balaban J connectivity index is 1.36. The normalized spacial score (nSPS) is 29.2. The van der Waals surface area contributed by atoms with E-state index in [2.05, 4.69) is 28.7 Å². The van der Waals surface area contributed by atoms with Gasteiger partial charge in [-0.1, -0.05) is 6.92 Å². The Kier molecular flexibility index (Phi) is 5.74. The van der Waals surface area contributed by atoms with Crippen LogP contribution in [0.2, 0.25) is 0 Å². The maximum absolute atomic E-state index is 5.53. The van der Waals surface area contributed by atoms with Crippen molar-refractivity contribution in [2.75, 3.05) is 72.6 Å². The Labute approximate surface area is 135 Å². The molecule has 0 amide bonds. The number of likely N-dealkylation sites (N-methyl/N-ethyl adjacent to an activating group) is 1. The van der Waals surface area contributed by atoms with Crippen molar-refractivity contribution in [3.63, 3.8) is 0 Å². The quantitative estimate of drug-likeness (QED) is 0.758. The molecule has 5 heteroatoms. The molecule has 0 aliphatic carbocycles. The molecular formula is C17H33N3O2. The zero-order chi connectivity index (χ0) is 15.4. The molecular weight excluding hydrogens is 278 g/mol. The second kappa shape index (κ2) is 7.58. The fourth-order valence-electron chi connectivity index (χ4n) is 3.88. The van der Waals surface area contributed by atoms with Gasteiger partial charge in [0.15, 0.2) is 6.29 Å². The predicted octanol–water partition coefficient (Wildman–Crippen LogP) is 1.10. The van der Waals surface area contributed by atoms with Crippen LogP contribution in [-0.2, 0) is 9.47 Å². The van der Waals surface area contributed by atoms with Crippen LogP contribution < -0.4 is 0 Å². The van der Waals surface area contributed by atoms with E-state index in [1.54, 1.807) is 0 Å². The number of piperidine rings is 1. The molecule has 3 aliphatic heterocycles.